The minimum Gasteiger partial charge on any atom is -0.379 e. The Balaban J connectivity index is 3.93. The molecule has 0 aliphatic rings. The van der Waals surface area contributed by atoms with Gasteiger partial charge in [0.15, 0.2) is 0 Å². The molecule has 0 fully saturated rings. The molecule has 0 aliphatic heterocycles. The molecule has 1 atom stereocenters. The van der Waals surface area contributed by atoms with E-state index in [1.165, 1.54) is 263 Å². The molecule has 302 valence electrons. The molecule has 0 aliphatic carbocycles. The summed E-state index contributed by atoms with van der Waals surface area (Å²) in [6.45, 7) is 9.42. The fraction of sp³-hybridized carbons (Fsp3) is 1.00. The van der Waals surface area contributed by atoms with Crippen LogP contribution in [0.4, 0.5) is 0 Å². The second kappa shape index (κ2) is 46.9. The highest BCUT2D eigenvalue weighted by atomic mass is 16.5. The van der Waals surface area contributed by atoms with Crippen molar-refractivity contribution in [2.45, 2.75) is 290 Å². The predicted molar refractivity (Wildman–Crippen MR) is 227 cm³/mol. The summed E-state index contributed by atoms with van der Waals surface area (Å²) >= 11 is 0. The van der Waals surface area contributed by atoms with Crippen molar-refractivity contribution in [1.82, 2.24) is 0 Å². The zero-order valence-corrected chi connectivity index (χ0v) is 35.5. The molecule has 0 heterocycles. The van der Waals surface area contributed by atoms with E-state index < -0.39 is 0 Å². The maximum absolute atomic E-state index is 6.45. The molecule has 0 N–H and O–H groups in total. The number of hydrogen-bond acceptors (Lipinski definition) is 2. The maximum atomic E-state index is 6.45. The first-order chi connectivity index (χ1) is 24.8. The van der Waals surface area contributed by atoms with Crippen LogP contribution in [0.1, 0.15) is 284 Å². The van der Waals surface area contributed by atoms with Gasteiger partial charge in [-0.15, -0.1) is 0 Å². The van der Waals surface area contributed by atoms with E-state index in [-0.39, 0.29) is 0 Å². The van der Waals surface area contributed by atoms with E-state index in [0.717, 1.165) is 19.8 Å². The average molecular weight is 707 g/mol. The van der Waals surface area contributed by atoms with Gasteiger partial charge in [0.1, 0.15) is 0 Å². The van der Waals surface area contributed by atoms with Gasteiger partial charge in [0.05, 0.1) is 19.3 Å². The third-order valence-corrected chi connectivity index (χ3v) is 11.2. The lowest BCUT2D eigenvalue weighted by Gasteiger charge is -2.18. The first-order valence-corrected chi connectivity index (χ1v) is 24.0. The van der Waals surface area contributed by atoms with E-state index in [2.05, 4.69) is 20.8 Å². The quantitative estimate of drug-likeness (QED) is 0.0587. The Morgan fingerprint density at radius 2 is 0.480 bits per heavy atom. The fourth-order valence-electron chi connectivity index (χ4n) is 7.69. The van der Waals surface area contributed by atoms with Gasteiger partial charge in [-0.25, -0.2) is 0 Å². The van der Waals surface area contributed by atoms with Gasteiger partial charge < -0.3 is 9.47 Å². The monoisotopic (exact) mass is 707 g/mol. The maximum Gasteiger partial charge on any atom is 0.0704 e. The molecule has 0 radical (unpaired) electrons. The van der Waals surface area contributed by atoms with Crippen LogP contribution >= 0.6 is 0 Å². The molecule has 2 nitrogen and oxygen atoms in total. The number of unbranched alkanes of at least 4 members (excludes halogenated alkanes) is 36. The van der Waals surface area contributed by atoms with Gasteiger partial charge in [0, 0.05) is 6.61 Å². The standard InChI is InChI=1S/C48H98O2/c1-4-7-10-13-16-19-22-24-26-28-30-32-35-38-41-44-48(43-40-37-34-31-29-27-25-23-20-17-14-11-8-5-2)50-47-46-49-45-42-39-36-33-21-18-15-12-9-6-3/h48H,4-47H2,1-3H3. The highest BCUT2D eigenvalue weighted by Crippen LogP contribution is 2.19. The summed E-state index contributed by atoms with van der Waals surface area (Å²) in [4.78, 5) is 0. The van der Waals surface area contributed by atoms with Crippen LogP contribution < -0.4 is 0 Å². The summed E-state index contributed by atoms with van der Waals surface area (Å²) in [5.74, 6) is 0. The van der Waals surface area contributed by atoms with Crippen LogP contribution in [-0.4, -0.2) is 25.9 Å². The molecule has 0 aromatic rings. The van der Waals surface area contributed by atoms with Crippen molar-refractivity contribution in [1.29, 1.82) is 0 Å². The number of rotatable bonds is 46. The van der Waals surface area contributed by atoms with E-state index in [4.69, 9.17) is 9.47 Å². The summed E-state index contributed by atoms with van der Waals surface area (Å²) < 4.78 is 12.4. The molecule has 0 aromatic heterocycles. The zero-order valence-electron chi connectivity index (χ0n) is 35.5. The summed E-state index contributed by atoms with van der Waals surface area (Å²) in [6, 6.07) is 0. The summed E-state index contributed by atoms with van der Waals surface area (Å²) in [5.41, 5.74) is 0. The van der Waals surface area contributed by atoms with Gasteiger partial charge in [-0.05, 0) is 19.3 Å². The first kappa shape index (κ1) is 49.9. The lowest BCUT2D eigenvalue weighted by atomic mass is 10.0. The third-order valence-electron chi connectivity index (χ3n) is 11.2. The Hall–Kier alpha value is -0.0800. The molecule has 0 amide bonds. The second-order valence-electron chi connectivity index (χ2n) is 16.4. The Morgan fingerprint density at radius 3 is 0.760 bits per heavy atom. The predicted octanol–water partition coefficient (Wildman–Crippen LogP) is 17.4. The van der Waals surface area contributed by atoms with E-state index in [1.807, 2.05) is 0 Å². The van der Waals surface area contributed by atoms with Crippen LogP contribution in [-0.2, 0) is 9.47 Å². The van der Waals surface area contributed by atoms with Gasteiger partial charge in [0.2, 0.25) is 0 Å². The topological polar surface area (TPSA) is 18.5 Å². The SMILES string of the molecule is CCCCCCCCCCCCCCCCCC(CCCCCCCCCCCCCCCC)OCCOCCCCCCCCCCCC. The van der Waals surface area contributed by atoms with Crippen LogP contribution in [0.3, 0.4) is 0 Å². The fourth-order valence-corrected chi connectivity index (χ4v) is 7.69. The van der Waals surface area contributed by atoms with Crippen molar-refractivity contribution in [2.24, 2.45) is 0 Å². The van der Waals surface area contributed by atoms with Crippen molar-refractivity contribution in [2.75, 3.05) is 19.8 Å². The third kappa shape index (κ3) is 44.1. The molecule has 2 heteroatoms. The molecule has 0 aromatic carbocycles. The zero-order chi connectivity index (χ0) is 36.1. The van der Waals surface area contributed by atoms with Crippen LogP contribution in [0.15, 0.2) is 0 Å². The van der Waals surface area contributed by atoms with Crippen LogP contribution in [0.5, 0.6) is 0 Å². The van der Waals surface area contributed by atoms with Crippen molar-refractivity contribution in [3.05, 3.63) is 0 Å². The van der Waals surface area contributed by atoms with E-state index in [1.54, 1.807) is 0 Å². The first-order valence-electron chi connectivity index (χ1n) is 24.0. The molecule has 0 bridgehead atoms. The Kier molecular flexibility index (Phi) is 46.9. The lowest BCUT2D eigenvalue weighted by Crippen LogP contribution is -2.17. The van der Waals surface area contributed by atoms with Gasteiger partial charge in [-0.1, -0.05) is 265 Å². The van der Waals surface area contributed by atoms with Crippen LogP contribution in [0, 0.1) is 0 Å². The highest BCUT2D eigenvalue weighted by Gasteiger charge is 2.09. The van der Waals surface area contributed by atoms with E-state index in [0.29, 0.717) is 6.10 Å². The Morgan fingerprint density at radius 1 is 0.240 bits per heavy atom. The van der Waals surface area contributed by atoms with Gasteiger partial charge in [-0.2, -0.15) is 0 Å². The Labute approximate surface area is 318 Å². The van der Waals surface area contributed by atoms with Crippen LogP contribution in [0.25, 0.3) is 0 Å². The van der Waals surface area contributed by atoms with Crippen molar-refractivity contribution >= 4 is 0 Å². The largest absolute Gasteiger partial charge is 0.379 e. The molecule has 0 spiro atoms. The minimum absolute atomic E-state index is 0.454. The lowest BCUT2D eigenvalue weighted by molar-refractivity contribution is -0.00469. The summed E-state index contributed by atoms with van der Waals surface area (Å²) in [7, 11) is 0. The van der Waals surface area contributed by atoms with Crippen molar-refractivity contribution < 1.29 is 9.47 Å². The molecule has 50 heavy (non-hydrogen) atoms. The number of hydrogen-bond donors (Lipinski definition) is 0. The smallest absolute Gasteiger partial charge is 0.0704 e. The summed E-state index contributed by atoms with van der Waals surface area (Å²) in [5, 5.41) is 0. The molecule has 0 rings (SSSR count). The summed E-state index contributed by atoms with van der Waals surface area (Å²) in [6.07, 6.45) is 58.5. The molecule has 1 unspecified atom stereocenters. The molecular formula is C48H98O2. The van der Waals surface area contributed by atoms with Gasteiger partial charge >= 0.3 is 0 Å². The van der Waals surface area contributed by atoms with Crippen molar-refractivity contribution in [3.63, 3.8) is 0 Å². The normalized spacial score (nSPS) is 12.3. The minimum atomic E-state index is 0.454. The van der Waals surface area contributed by atoms with Crippen LogP contribution in [0.2, 0.25) is 0 Å². The molecule has 0 saturated heterocycles. The van der Waals surface area contributed by atoms with Gasteiger partial charge in [0.25, 0.3) is 0 Å². The van der Waals surface area contributed by atoms with Gasteiger partial charge in [-0.3, -0.25) is 0 Å². The second-order valence-corrected chi connectivity index (χ2v) is 16.4. The van der Waals surface area contributed by atoms with E-state index >= 15 is 0 Å². The Bertz CT molecular complexity index is 530. The number of ether oxygens (including phenoxy) is 2. The molecular weight excluding hydrogens is 609 g/mol. The average Bonchev–Trinajstić information content (AvgIpc) is 3.13. The molecule has 0 saturated carbocycles. The highest BCUT2D eigenvalue weighted by molar-refractivity contribution is 4.61. The van der Waals surface area contributed by atoms with E-state index in [9.17, 15) is 0 Å². The van der Waals surface area contributed by atoms with Crippen molar-refractivity contribution in [3.8, 4) is 0 Å².